The first-order valence-corrected chi connectivity index (χ1v) is 8.00. The fourth-order valence-corrected chi connectivity index (χ4v) is 3.34. The zero-order valence-corrected chi connectivity index (χ0v) is 12.3. The van der Waals surface area contributed by atoms with Crippen LogP contribution in [-0.2, 0) is 4.79 Å². The van der Waals surface area contributed by atoms with Crippen LogP contribution in [0, 0.1) is 0 Å². The molecule has 2 rings (SSSR count). The quantitative estimate of drug-likeness (QED) is 0.823. The maximum absolute atomic E-state index is 12.2. The molecule has 4 nitrogen and oxygen atoms in total. The van der Waals surface area contributed by atoms with Gasteiger partial charge < -0.3 is 15.5 Å². The zero-order valence-electron chi connectivity index (χ0n) is 12.3. The largest absolute Gasteiger partial charge is 0.341 e. The Morgan fingerprint density at radius 3 is 2.42 bits per heavy atom. The van der Waals surface area contributed by atoms with E-state index in [4.69, 9.17) is 5.73 Å². The molecule has 19 heavy (non-hydrogen) atoms. The van der Waals surface area contributed by atoms with Gasteiger partial charge in [-0.05, 0) is 45.2 Å². The smallest absolute Gasteiger partial charge is 0.239 e. The summed E-state index contributed by atoms with van der Waals surface area (Å²) in [7, 11) is 0. The number of hydrogen-bond acceptors (Lipinski definition) is 3. The van der Waals surface area contributed by atoms with Crippen molar-refractivity contribution in [1.29, 1.82) is 0 Å². The highest BCUT2D eigenvalue weighted by Gasteiger charge is 2.29. The average molecular weight is 267 g/mol. The molecule has 2 aliphatic rings. The number of carbonyl (C=O) groups is 1. The van der Waals surface area contributed by atoms with Crippen molar-refractivity contribution in [2.45, 2.75) is 64.0 Å². The molecule has 2 heterocycles. The number of amides is 1. The van der Waals surface area contributed by atoms with Gasteiger partial charge in [-0.1, -0.05) is 19.8 Å². The summed E-state index contributed by atoms with van der Waals surface area (Å²) >= 11 is 0. The van der Waals surface area contributed by atoms with Crippen molar-refractivity contribution >= 4 is 5.91 Å². The first-order chi connectivity index (χ1) is 9.22. The summed E-state index contributed by atoms with van der Waals surface area (Å²) in [5, 5.41) is 0. The van der Waals surface area contributed by atoms with E-state index in [0.29, 0.717) is 6.04 Å². The highest BCUT2D eigenvalue weighted by molar-refractivity contribution is 5.81. The minimum atomic E-state index is -0.275. The molecule has 0 aromatic carbocycles. The summed E-state index contributed by atoms with van der Waals surface area (Å²) in [4.78, 5) is 16.8. The number of piperidine rings is 1. The molecule has 2 aliphatic heterocycles. The normalized spacial score (nSPS) is 23.8. The fourth-order valence-electron chi connectivity index (χ4n) is 3.34. The number of unbranched alkanes of at least 4 members (excludes halogenated alkanes) is 1. The number of carbonyl (C=O) groups excluding carboxylic acids is 1. The lowest BCUT2D eigenvalue weighted by Crippen LogP contribution is -2.50. The SMILES string of the molecule is CCCCC(N)C(=O)N1CCC(N2CCCC2)CC1. The molecule has 0 radical (unpaired) electrons. The second kappa shape index (κ2) is 7.25. The van der Waals surface area contributed by atoms with E-state index in [-0.39, 0.29) is 11.9 Å². The molecule has 1 atom stereocenters. The van der Waals surface area contributed by atoms with E-state index in [1.165, 1.54) is 25.9 Å². The maximum atomic E-state index is 12.2. The molecule has 0 aliphatic carbocycles. The number of hydrogen-bond donors (Lipinski definition) is 1. The second-order valence-corrected chi connectivity index (χ2v) is 6.05. The topological polar surface area (TPSA) is 49.6 Å². The standard InChI is InChI=1S/C15H29N3O/c1-2-3-6-14(16)15(19)18-11-7-13(8-12-18)17-9-4-5-10-17/h13-14H,2-12,16H2,1H3. The molecule has 1 amide bonds. The van der Waals surface area contributed by atoms with Crippen LogP contribution in [0.4, 0.5) is 0 Å². The van der Waals surface area contributed by atoms with Gasteiger partial charge in [0.05, 0.1) is 6.04 Å². The van der Waals surface area contributed by atoms with E-state index in [2.05, 4.69) is 11.8 Å². The van der Waals surface area contributed by atoms with Crippen LogP contribution in [-0.4, -0.2) is 54.0 Å². The van der Waals surface area contributed by atoms with Crippen molar-refractivity contribution in [3.8, 4) is 0 Å². The van der Waals surface area contributed by atoms with Gasteiger partial charge in [0.15, 0.2) is 0 Å². The Kier molecular flexibility index (Phi) is 5.64. The van der Waals surface area contributed by atoms with Crippen LogP contribution in [0.2, 0.25) is 0 Å². The molecular weight excluding hydrogens is 238 g/mol. The third-order valence-electron chi connectivity index (χ3n) is 4.62. The van der Waals surface area contributed by atoms with Gasteiger partial charge in [-0.2, -0.15) is 0 Å². The Hall–Kier alpha value is -0.610. The van der Waals surface area contributed by atoms with Gasteiger partial charge in [-0.25, -0.2) is 0 Å². The van der Waals surface area contributed by atoms with Crippen LogP contribution in [0.1, 0.15) is 51.9 Å². The van der Waals surface area contributed by atoms with Gasteiger partial charge >= 0.3 is 0 Å². The van der Waals surface area contributed by atoms with Crippen molar-refractivity contribution in [2.75, 3.05) is 26.2 Å². The average Bonchev–Trinajstić information content (AvgIpc) is 2.98. The van der Waals surface area contributed by atoms with Crippen molar-refractivity contribution in [3.63, 3.8) is 0 Å². The predicted octanol–water partition coefficient (Wildman–Crippen LogP) is 1.59. The van der Waals surface area contributed by atoms with Gasteiger partial charge in [-0.3, -0.25) is 4.79 Å². The molecule has 0 aromatic rings. The van der Waals surface area contributed by atoms with E-state index in [9.17, 15) is 4.79 Å². The Morgan fingerprint density at radius 1 is 1.21 bits per heavy atom. The van der Waals surface area contributed by atoms with Crippen LogP contribution in [0.3, 0.4) is 0 Å². The first kappa shape index (κ1) is 14.8. The first-order valence-electron chi connectivity index (χ1n) is 8.00. The molecule has 110 valence electrons. The van der Waals surface area contributed by atoms with E-state index < -0.39 is 0 Å². The van der Waals surface area contributed by atoms with E-state index in [1.54, 1.807) is 0 Å². The lowest BCUT2D eigenvalue weighted by atomic mass is 10.0. The minimum Gasteiger partial charge on any atom is -0.341 e. The van der Waals surface area contributed by atoms with E-state index >= 15 is 0 Å². The third kappa shape index (κ3) is 3.93. The van der Waals surface area contributed by atoms with E-state index in [1.807, 2.05) is 4.90 Å². The fraction of sp³-hybridized carbons (Fsp3) is 0.933. The summed E-state index contributed by atoms with van der Waals surface area (Å²) in [6, 6.07) is 0.432. The summed E-state index contributed by atoms with van der Waals surface area (Å²) in [6.07, 6.45) is 7.96. The molecular formula is C15H29N3O. The number of rotatable bonds is 5. The highest BCUT2D eigenvalue weighted by Crippen LogP contribution is 2.21. The van der Waals surface area contributed by atoms with Gasteiger partial charge in [0.1, 0.15) is 0 Å². The van der Waals surface area contributed by atoms with Crippen molar-refractivity contribution in [1.82, 2.24) is 9.80 Å². The number of likely N-dealkylation sites (tertiary alicyclic amines) is 2. The highest BCUT2D eigenvalue weighted by atomic mass is 16.2. The summed E-state index contributed by atoms with van der Waals surface area (Å²) < 4.78 is 0. The molecule has 2 N–H and O–H groups in total. The van der Waals surface area contributed by atoms with Crippen LogP contribution >= 0.6 is 0 Å². The molecule has 0 aromatic heterocycles. The van der Waals surface area contributed by atoms with Gasteiger partial charge in [0.25, 0.3) is 0 Å². The number of nitrogens with two attached hydrogens (primary N) is 1. The van der Waals surface area contributed by atoms with Gasteiger partial charge in [0.2, 0.25) is 5.91 Å². The van der Waals surface area contributed by atoms with Gasteiger partial charge in [0, 0.05) is 19.1 Å². The van der Waals surface area contributed by atoms with Crippen LogP contribution in [0.25, 0.3) is 0 Å². The summed E-state index contributed by atoms with van der Waals surface area (Å²) in [6.45, 7) is 6.46. The van der Waals surface area contributed by atoms with Gasteiger partial charge in [-0.15, -0.1) is 0 Å². The number of nitrogens with zero attached hydrogens (tertiary/aromatic N) is 2. The van der Waals surface area contributed by atoms with E-state index in [0.717, 1.165) is 45.2 Å². The summed E-state index contributed by atoms with van der Waals surface area (Å²) in [5.74, 6) is 0.174. The zero-order chi connectivity index (χ0) is 13.7. The maximum Gasteiger partial charge on any atom is 0.239 e. The third-order valence-corrected chi connectivity index (χ3v) is 4.62. The van der Waals surface area contributed by atoms with Crippen molar-refractivity contribution in [2.24, 2.45) is 5.73 Å². The van der Waals surface area contributed by atoms with Crippen molar-refractivity contribution < 1.29 is 4.79 Å². The lowest BCUT2D eigenvalue weighted by Gasteiger charge is -2.37. The Bertz CT molecular complexity index is 281. The Morgan fingerprint density at radius 2 is 1.84 bits per heavy atom. The summed E-state index contributed by atoms with van der Waals surface area (Å²) in [5.41, 5.74) is 5.99. The molecule has 2 fully saturated rings. The van der Waals surface area contributed by atoms with Crippen LogP contribution in [0.5, 0.6) is 0 Å². The molecule has 1 unspecified atom stereocenters. The Labute approximate surface area is 117 Å². The molecule has 2 saturated heterocycles. The monoisotopic (exact) mass is 267 g/mol. The minimum absolute atomic E-state index is 0.174. The lowest BCUT2D eigenvalue weighted by molar-refractivity contribution is -0.134. The molecule has 0 spiro atoms. The van der Waals surface area contributed by atoms with Crippen molar-refractivity contribution in [3.05, 3.63) is 0 Å². The molecule has 0 saturated carbocycles. The van der Waals surface area contributed by atoms with Crippen LogP contribution in [0.15, 0.2) is 0 Å². The Balaban J connectivity index is 1.74. The van der Waals surface area contributed by atoms with Crippen LogP contribution < -0.4 is 5.73 Å². The second-order valence-electron chi connectivity index (χ2n) is 6.05. The molecule has 4 heteroatoms. The predicted molar refractivity (Wildman–Crippen MR) is 77.9 cm³/mol. The molecule has 0 bridgehead atoms.